The normalized spacial score (nSPS) is 19.3. The summed E-state index contributed by atoms with van der Waals surface area (Å²) in [5.41, 5.74) is 7.88. The maximum absolute atomic E-state index is 13.6. The van der Waals surface area contributed by atoms with E-state index in [0.717, 1.165) is 64.4 Å². The SMILES string of the molecule is CCn1ccc(-c2cc(-c3cnn(C)c3)cc([C@@H](C)NC(=O)c3cc(N4C[C@H]5CC[C@@H](C4)N5)ccc3C)c2)n1. The van der Waals surface area contributed by atoms with E-state index in [-0.39, 0.29) is 11.9 Å². The number of anilines is 1. The van der Waals surface area contributed by atoms with E-state index in [9.17, 15) is 4.79 Å². The van der Waals surface area contributed by atoms with Crippen molar-refractivity contribution in [1.82, 2.24) is 30.2 Å². The molecule has 0 unspecified atom stereocenters. The lowest BCUT2D eigenvalue weighted by Crippen LogP contribution is -2.51. The predicted octanol–water partition coefficient (Wildman–Crippen LogP) is 4.71. The van der Waals surface area contributed by atoms with Gasteiger partial charge in [-0.15, -0.1) is 0 Å². The predicted molar refractivity (Wildman–Crippen MR) is 155 cm³/mol. The molecule has 2 aliphatic heterocycles. The summed E-state index contributed by atoms with van der Waals surface area (Å²) in [6, 6.07) is 15.6. The van der Waals surface area contributed by atoms with Crippen LogP contribution in [0.15, 0.2) is 61.1 Å². The number of amides is 1. The first-order valence-corrected chi connectivity index (χ1v) is 14.0. The fraction of sp³-hybridized carbons (Fsp3) is 0.387. The van der Waals surface area contributed by atoms with Crippen molar-refractivity contribution in [3.05, 3.63) is 77.7 Å². The van der Waals surface area contributed by atoms with Crippen molar-refractivity contribution in [2.24, 2.45) is 7.05 Å². The molecule has 6 rings (SSSR count). The van der Waals surface area contributed by atoms with Crippen molar-refractivity contribution >= 4 is 11.6 Å². The molecule has 2 aromatic carbocycles. The standard InChI is InChI=1S/C31H37N7O/c1-5-38-11-10-30(35-38)24-13-22(12-23(14-24)25-16-32-36(4)17-25)21(3)33-31(39)29-15-28(9-6-20(29)2)37-18-26-7-8-27(19-37)34-26/h6,9-17,21,26-27,34H,5,7-8,18-19H2,1-4H3,(H,33,39)/t21-,26-,27+/m1/s1. The Balaban J connectivity index is 1.27. The largest absolute Gasteiger partial charge is 0.368 e. The Morgan fingerprint density at radius 2 is 1.85 bits per heavy atom. The fourth-order valence-electron chi connectivity index (χ4n) is 5.90. The summed E-state index contributed by atoms with van der Waals surface area (Å²) in [6.45, 7) is 8.94. The molecule has 0 aliphatic carbocycles. The Kier molecular flexibility index (Phi) is 6.73. The van der Waals surface area contributed by atoms with Gasteiger partial charge >= 0.3 is 0 Å². The number of nitrogens with one attached hydrogen (secondary N) is 2. The van der Waals surface area contributed by atoms with E-state index >= 15 is 0 Å². The van der Waals surface area contributed by atoms with E-state index in [4.69, 9.17) is 5.10 Å². The van der Waals surface area contributed by atoms with Gasteiger partial charge in [-0.3, -0.25) is 14.2 Å². The third-order valence-corrected chi connectivity index (χ3v) is 8.15. The van der Waals surface area contributed by atoms with Gasteiger partial charge < -0.3 is 15.5 Å². The number of piperazine rings is 1. The van der Waals surface area contributed by atoms with Gasteiger partial charge in [-0.25, -0.2) is 0 Å². The van der Waals surface area contributed by atoms with Gasteiger partial charge in [0.15, 0.2) is 0 Å². The molecule has 202 valence electrons. The second kappa shape index (κ2) is 10.3. The summed E-state index contributed by atoms with van der Waals surface area (Å²) < 4.78 is 3.73. The van der Waals surface area contributed by atoms with Crippen molar-refractivity contribution in [1.29, 1.82) is 0 Å². The second-order valence-corrected chi connectivity index (χ2v) is 11.0. The molecule has 2 aromatic heterocycles. The third kappa shape index (κ3) is 5.21. The average molecular weight is 524 g/mol. The lowest BCUT2D eigenvalue weighted by atomic mass is 9.96. The first-order chi connectivity index (χ1) is 18.9. The molecule has 4 aromatic rings. The van der Waals surface area contributed by atoms with Crippen LogP contribution in [0.25, 0.3) is 22.4 Å². The molecule has 2 N–H and O–H groups in total. The molecule has 0 radical (unpaired) electrons. The van der Waals surface area contributed by atoms with Crippen LogP contribution in [0.4, 0.5) is 5.69 Å². The zero-order chi connectivity index (χ0) is 27.1. The van der Waals surface area contributed by atoms with Crippen LogP contribution in [0.2, 0.25) is 0 Å². The van der Waals surface area contributed by atoms with Crippen LogP contribution in [0.1, 0.15) is 54.2 Å². The van der Waals surface area contributed by atoms with Crippen molar-refractivity contribution in [3.63, 3.8) is 0 Å². The van der Waals surface area contributed by atoms with Gasteiger partial charge in [0.2, 0.25) is 0 Å². The number of carbonyl (C=O) groups is 1. The molecule has 2 saturated heterocycles. The van der Waals surface area contributed by atoms with E-state index in [1.165, 1.54) is 12.8 Å². The van der Waals surface area contributed by atoms with Crippen LogP contribution < -0.4 is 15.5 Å². The summed E-state index contributed by atoms with van der Waals surface area (Å²) in [4.78, 5) is 16.0. The maximum atomic E-state index is 13.6. The molecule has 2 fully saturated rings. The second-order valence-electron chi connectivity index (χ2n) is 11.0. The zero-order valence-electron chi connectivity index (χ0n) is 23.2. The number of aryl methyl sites for hydroxylation is 3. The zero-order valence-corrected chi connectivity index (χ0v) is 23.2. The number of hydrogen-bond acceptors (Lipinski definition) is 5. The molecule has 2 bridgehead atoms. The van der Waals surface area contributed by atoms with E-state index < -0.39 is 0 Å². The van der Waals surface area contributed by atoms with Crippen LogP contribution in [0.5, 0.6) is 0 Å². The lowest BCUT2D eigenvalue weighted by Gasteiger charge is -2.35. The summed E-state index contributed by atoms with van der Waals surface area (Å²) >= 11 is 0. The molecule has 1 amide bonds. The molecule has 3 atom stereocenters. The van der Waals surface area contributed by atoms with E-state index in [0.29, 0.717) is 12.1 Å². The molecule has 8 heteroatoms. The molecule has 0 saturated carbocycles. The summed E-state index contributed by atoms with van der Waals surface area (Å²) in [6.07, 6.45) is 8.34. The Morgan fingerprint density at radius 1 is 1.08 bits per heavy atom. The minimum atomic E-state index is -0.195. The highest BCUT2D eigenvalue weighted by Gasteiger charge is 2.32. The number of fused-ring (bicyclic) bond motifs is 2. The quantitative estimate of drug-likeness (QED) is 0.367. The molecular weight excluding hydrogens is 486 g/mol. The number of nitrogens with zero attached hydrogens (tertiary/aromatic N) is 5. The Morgan fingerprint density at radius 3 is 2.54 bits per heavy atom. The van der Waals surface area contributed by atoms with Crippen LogP contribution in [0, 0.1) is 6.92 Å². The Labute approximate surface area is 230 Å². The summed E-state index contributed by atoms with van der Waals surface area (Å²) in [7, 11) is 1.92. The third-order valence-electron chi connectivity index (χ3n) is 8.15. The van der Waals surface area contributed by atoms with Gasteiger partial charge in [-0.1, -0.05) is 6.07 Å². The topological polar surface area (TPSA) is 80.0 Å². The molecule has 8 nitrogen and oxygen atoms in total. The van der Waals surface area contributed by atoms with Gasteiger partial charge in [-0.05, 0) is 86.7 Å². The lowest BCUT2D eigenvalue weighted by molar-refractivity contribution is 0.0939. The van der Waals surface area contributed by atoms with Crippen LogP contribution in [-0.4, -0.2) is 50.6 Å². The molecular formula is C31H37N7O. The van der Waals surface area contributed by atoms with E-state index in [2.05, 4.69) is 64.0 Å². The van der Waals surface area contributed by atoms with Gasteiger partial charge in [0, 0.05) is 73.5 Å². The summed E-state index contributed by atoms with van der Waals surface area (Å²) in [5, 5.41) is 16.1. The summed E-state index contributed by atoms with van der Waals surface area (Å²) in [5.74, 6) is -0.0523. The Bertz CT molecular complexity index is 1490. The van der Waals surface area contributed by atoms with Crippen molar-refractivity contribution in [3.8, 4) is 22.4 Å². The Hall–Kier alpha value is -3.91. The van der Waals surface area contributed by atoms with Crippen LogP contribution in [-0.2, 0) is 13.6 Å². The van der Waals surface area contributed by atoms with Gasteiger partial charge in [-0.2, -0.15) is 10.2 Å². The maximum Gasteiger partial charge on any atom is 0.252 e. The van der Waals surface area contributed by atoms with Crippen molar-refractivity contribution < 1.29 is 4.79 Å². The number of rotatable bonds is 7. The smallest absolute Gasteiger partial charge is 0.252 e. The molecule has 0 spiro atoms. The fourth-order valence-corrected chi connectivity index (χ4v) is 5.90. The van der Waals surface area contributed by atoms with Gasteiger partial charge in [0.25, 0.3) is 5.91 Å². The minimum absolute atomic E-state index is 0.0523. The van der Waals surface area contributed by atoms with Crippen LogP contribution in [0.3, 0.4) is 0 Å². The highest BCUT2D eigenvalue weighted by atomic mass is 16.1. The highest BCUT2D eigenvalue weighted by Crippen LogP contribution is 2.31. The van der Waals surface area contributed by atoms with E-state index in [1.54, 1.807) is 4.68 Å². The molecule has 39 heavy (non-hydrogen) atoms. The van der Waals surface area contributed by atoms with Gasteiger partial charge in [0.05, 0.1) is 17.9 Å². The first-order valence-electron chi connectivity index (χ1n) is 14.0. The van der Waals surface area contributed by atoms with Crippen LogP contribution >= 0.6 is 0 Å². The minimum Gasteiger partial charge on any atom is -0.368 e. The number of benzene rings is 2. The molecule has 4 heterocycles. The van der Waals surface area contributed by atoms with Gasteiger partial charge in [0.1, 0.15) is 0 Å². The van der Waals surface area contributed by atoms with E-state index in [1.807, 2.05) is 50.2 Å². The number of carbonyl (C=O) groups excluding carboxylic acids is 1. The van der Waals surface area contributed by atoms with Crippen molar-refractivity contribution in [2.45, 2.75) is 58.3 Å². The molecule has 2 aliphatic rings. The number of hydrogen-bond donors (Lipinski definition) is 2. The number of aromatic nitrogens is 4. The monoisotopic (exact) mass is 523 g/mol. The average Bonchev–Trinajstić information content (AvgIpc) is 3.68. The highest BCUT2D eigenvalue weighted by molar-refractivity contribution is 5.97. The first kappa shape index (κ1) is 25.4. The van der Waals surface area contributed by atoms with Crippen molar-refractivity contribution in [2.75, 3.05) is 18.0 Å².